The SMILES string of the molecule is COCCN(Cc1cccs1)C(=O)/C=C/c1cccc([N+](=O)[O-])c1. The Bertz CT molecular complexity index is 713. The van der Waals surface area contributed by atoms with Gasteiger partial charge in [0.15, 0.2) is 0 Å². The average Bonchev–Trinajstić information content (AvgIpc) is 3.09. The highest BCUT2D eigenvalue weighted by atomic mass is 32.1. The highest BCUT2D eigenvalue weighted by Gasteiger charge is 2.12. The summed E-state index contributed by atoms with van der Waals surface area (Å²) in [5.41, 5.74) is 0.611. The van der Waals surface area contributed by atoms with Gasteiger partial charge in [0.25, 0.3) is 5.69 Å². The Morgan fingerprint density at radius 3 is 2.88 bits per heavy atom. The van der Waals surface area contributed by atoms with Crippen molar-refractivity contribution in [3.8, 4) is 0 Å². The van der Waals surface area contributed by atoms with Crippen molar-refractivity contribution < 1.29 is 14.5 Å². The number of hydrogen-bond donors (Lipinski definition) is 0. The van der Waals surface area contributed by atoms with E-state index in [0.29, 0.717) is 25.3 Å². The number of non-ortho nitro benzene ring substituents is 1. The number of nitro benzene ring substituents is 1. The summed E-state index contributed by atoms with van der Waals surface area (Å²) >= 11 is 1.59. The molecule has 0 aliphatic heterocycles. The molecule has 0 fully saturated rings. The van der Waals surface area contributed by atoms with Crippen LogP contribution in [-0.4, -0.2) is 36.0 Å². The first kappa shape index (κ1) is 17.8. The number of hydrogen-bond acceptors (Lipinski definition) is 5. The Morgan fingerprint density at radius 1 is 1.38 bits per heavy atom. The molecule has 0 radical (unpaired) electrons. The van der Waals surface area contributed by atoms with Crippen molar-refractivity contribution in [2.45, 2.75) is 6.54 Å². The fraction of sp³-hybridized carbons (Fsp3) is 0.235. The quantitative estimate of drug-likeness (QED) is 0.417. The van der Waals surface area contributed by atoms with Crippen LogP contribution in [0.2, 0.25) is 0 Å². The molecule has 0 saturated carbocycles. The van der Waals surface area contributed by atoms with Crippen LogP contribution in [0.4, 0.5) is 5.69 Å². The molecule has 1 amide bonds. The van der Waals surface area contributed by atoms with Crippen LogP contribution in [0.5, 0.6) is 0 Å². The topological polar surface area (TPSA) is 72.7 Å². The van der Waals surface area contributed by atoms with Crippen LogP contribution in [-0.2, 0) is 16.1 Å². The maximum atomic E-state index is 12.4. The van der Waals surface area contributed by atoms with Crippen molar-refractivity contribution in [3.05, 3.63) is 68.4 Å². The Labute approximate surface area is 144 Å². The lowest BCUT2D eigenvalue weighted by atomic mass is 10.2. The third-order valence-corrected chi connectivity index (χ3v) is 4.16. The minimum atomic E-state index is -0.457. The zero-order valence-electron chi connectivity index (χ0n) is 13.3. The molecule has 2 aromatic rings. The molecule has 1 aromatic heterocycles. The minimum absolute atomic E-state index is 0.000534. The molecule has 7 heteroatoms. The molecule has 1 aromatic carbocycles. The lowest BCUT2D eigenvalue weighted by Gasteiger charge is -2.20. The fourth-order valence-corrected chi connectivity index (χ4v) is 2.79. The number of nitrogens with zero attached hydrogens (tertiary/aromatic N) is 2. The van der Waals surface area contributed by atoms with Gasteiger partial charge < -0.3 is 9.64 Å². The predicted molar refractivity (Wildman–Crippen MR) is 93.7 cm³/mol. The van der Waals surface area contributed by atoms with E-state index in [0.717, 1.165) is 4.88 Å². The number of ether oxygens (including phenoxy) is 1. The van der Waals surface area contributed by atoms with Gasteiger partial charge >= 0.3 is 0 Å². The Balaban J connectivity index is 2.08. The van der Waals surface area contributed by atoms with Gasteiger partial charge in [0.2, 0.25) is 5.91 Å². The molecular formula is C17H18N2O4S. The maximum Gasteiger partial charge on any atom is 0.270 e. The second-order valence-corrected chi connectivity index (χ2v) is 6.05. The zero-order chi connectivity index (χ0) is 17.4. The second kappa shape index (κ2) is 8.95. The normalized spacial score (nSPS) is 10.9. The standard InChI is InChI=1S/C17H18N2O4S/c1-23-10-9-18(13-16-6-3-11-24-16)17(20)8-7-14-4-2-5-15(12-14)19(21)22/h2-8,11-12H,9-10,13H2,1H3/b8-7+. The molecule has 0 spiro atoms. The number of carbonyl (C=O) groups excluding carboxylic acids is 1. The molecule has 0 aliphatic carbocycles. The highest BCUT2D eigenvalue weighted by molar-refractivity contribution is 7.09. The Hall–Kier alpha value is -2.51. The van der Waals surface area contributed by atoms with E-state index in [1.807, 2.05) is 17.5 Å². The van der Waals surface area contributed by atoms with Gasteiger partial charge in [-0.25, -0.2) is 0 Å². The van der Waals surface area contributed by atoms with Crippen LogP contribution >= 0.6 is 11.3 Å². The van der Waals surface area contributed by atoms with Gasteiger partial charge in [0.05, 0.1) is 18.1 Å². The van der Waals surface area contributed by atoms with E-state index in [4.69, 9.17) is 4.74 Å². The molecule has 1 heterocycles. The first-order valence-corrected chi connectivity index (χ1v) is 8.21. The van der Waals surface area contributed by atoms with Crippen molar-refractivity contribution in [2.75, 3.05) is 20.3 Å². The second-order valence-electron chi connectivity index (χ2n) is 5.02. The molecule has 0 atom stereocenters. The Morgan fingerprint density at radius 2 is 2.21 bits per heavy atom. The van der Waals surface area contributed by atoms with Crippen LogP contribution in [0.3, 0.4) is 0 Å². The van der Waals surface area contributed by atoms with Crippen LogP contribution in [0.15, 0.2) is 47.9 Å². The molecule has 0 saturated heterocycles. The van der Waals surface area contributed by atoms with Crippen LogP contribution < -0.4 is 0 Å². The number of nitro groups is 1. The van der Waals surface area contributed by atoms with Gasteiger partial charge in [-0.1, -0.05) is 18.2 Å². The Kier molecular flexibility index (Phi) is 6.65. The van der Waals surface area contributed by atoms with E-state index in [1.165, 1.54) is 18.2 Å². The monoisotopic (exact) mass is 346 g/mol. The number of benzene rings is 1. The van der Waals surface area contributed by atoms with E-state index in [9.17, 15) is 14.9 Å². The van der Waals surface area contributed by atoms with Crippen molar-refractivity contribution in [2.24, 2.45) is 0 Å². The molecule has 0 bridgehead atoms. The zero-order valence-corrected chi connectivity index (χ0v) is 14.1. The summed E-state index contributed by atoms with van der Waals surface area (Å²) in [4.78, 5) is 25.5. The number of methoxy groups -OCH3 is 1. The summed E-state index contributed by atoms with van der Waals surface area (Å²) in [5.74, 6) is -0.160. The highest BCUT2D eigenvalue weighted by Crippen LogP contribution is 2.15. The summed E-state index contributed by atoms with van der Waals surface area (Å²) in [6, 6.07) is 10.1. The van der Waals surface area contributed by atoms with Gasteiger partial charge in [-0.15, -0.1) is 11.3 Å². The molecule has 0 N–H and O–H groups in total. The van der Waals surface area contributed by atoms with Gasteiger partial charge in [-0.05, 0) is 23.1 Å². The van der Waals surface area contributed by atoms with Crippen molar-refractivity contribution in [3.63, 3.8) is 0 Å². The molecule has 126 valence electrons. The largest absolute Gasteiger partial charge is 0.383 e. The lowest BCUT2D eigenvalue weighted by Crippen LogP contribution is -2.31. The molecule has 0 aliphatic rings. The van der Waals surface area contributed by atoms with Crippen molar-refractivity contribution in [1.29, 1.82) is 0 Å². The number of rotatable bonds is 8. The smallest absolute Gasteiger partial charge is 0.270 e. The summed E-state index contributed by atoms with van der Waals surface area (Å²) in [6.45, 7) is 1.44. The van der Waals surface area contributed by atoms with E-state index >= 15 is 0 Å². The van der Waals surface area contributed by atoms with Gasteiger partial charge in [0, 0.05) is 36.7 Å². The van der Waals surface area contributed by atoms with Gasteiger partial charge in [0.1, 0.15) is 0 Å². The maximum absolute atomic E-state index is 12.4. The van der Waals surface area contributed by atoms with Crippen LogP contribution in [0, 0.1) is 10.1 Å². The van der Waals surface area contributed by atoms with Crippen LogP contribution in [0.25, 0.3) is 6.08 Å². The average molecular weight is 346 g/mol. The van der Waals surface area contributed by atoms with E-state index < -0.39 is 4.92 Å². The third kappa shape index (κ3) is 5.29. The van der Waals surface area contributed by atoms with Gasteiger partial charge in [-0.2, -0.15) is 0 Å². The molecule has 0 unspecified atom stereocenters. The third-order valence-electron chi connectivity index (χ3n) is 3.30. The summed E-state index contributed by atoms with van der Waals surface area (Å²) in [5, 5.41) is 12.8. The predicted octanol–water partition coefficient (Wildman–Crippen LogP) is 3.34. The van der Waals surface area contributed by atoms with Crippen molar-refractivity contribution in [1.82, 2.24) is 4.90 Å². The number of thiophene rings is 1. The lowest BCUT2D eigenvalue weighted by molar-refractivity contribution is -0.384. The molecule has 2 rings (SSSR count). The summed E-state index contributed by atoms with van der Waals surface area (Å²) in [6.07, 6.45) is 3.02. The van der Waals surface area contributed by atoms with Crippen molar-refractivity contribution >= 4 is 29.0 Å². The minimum Gasteiger partial charge on any atom is -0.383 e. The fourth-order valence-electron chi connectivity index (χ4n) is 2.07. The molecular weight excluding hydrogens is 328 g/mol. The molecule has 24 heavy (non-hydrogen) atoms. The molecule has 6 nitrogen and oxygen atoms in total. The van der Waals surface area contributed by atoms with E-state index in [1.54, 1.807) is 41.6 Å². The van der Waals surface area contributed by atoms with E-state index in [2.05, 4.69) is 0 Å². The first-order chi connectivity index (χ1) is 11.6. The first-order valence-electron chi connectivity index (χ1n) is 7.33. The summed E-state index contributed by atoms with van der Waals surface area (Å²) in [7, 11) is 1.59. The van der Waals surface area contributed by atoms with Gasteiger partial charge in [-0.3, -0.25) is 14.9 Å². The number of amides is 1. The van der Waals surface area contributed by atoms with E-state index in [-0.39, 0.29) is 11.6 Å². The van der Waals surface area contributed by atoms with Crippen LogP contribution in [0.1, 0.15) is 10.4 Å². The number of carbonyl (C=O) groups is 1. The summed E-state index contributed by atoms with van der Waals surface area (Å²) < 4.78 is 5.06.